The van der Waals surface area contributed by atoms with Gasteiger partial charge in [-0.25, -0.2) is 0 Å². The maximum atomic E-state index is 12.2. The van der Waals surface area contributed by atoms with Crippen molar-refractivity contribution in [2.24, 2.45) is 5.92 Å². The van der Waals surface area contributed by atoms with Crippen molar-refractivity contribution in [3.8, 4) is 0 Å². The third kappa shape index (κ3) is 7.74. The summed E-state index contributed by atoms with van der Waals surface area (Å²) in [5.74, 6) is 0.677. The van der Waals surface area contributed by atoms with E-state index in [1.807, 2.05) is 36.2 Å². The molecule has 1 amide bonds. The lowest BCUT2D eigenvalue weighted by Crippen LogP contribution is -2.49. The smallest absolute Gasteiger partial charge is 0.234 e. The molecule has 6 heteroatoms. The van der Waals surface area contributed by atoms with Crippen molar-refractivity contribution in [2.75, 3.05) is 46.4 Å². The first-order chi connectivity index (χ1) is 11.9. The molecular formula is C19H30ClN3O2. The van der Waals surface area contributed by atoms with E-state index in [0.29, 0.717) is 25.6 Å². The number of morpholine rings is 1. The first-order valence-corrected chi connectivity index (χ1v) is 9.34. The quantitative estimate of drug-likeness (QED) is 0.765. The number of amides is 1. The highest BCUT2D eigenvalue weighted by Crippen LogP contribution is 2.11. The van der Waals surface area contributed by atoms with Crippen LogP contribution in [0.4, 0.5) is 0 Å². The standard InChI is InChI=1S/C19H30ClN3O2/c1-15(2)11-23-8-9-25-18(13-23)10-21-19(24)14-22(3)12-16-4-6-17(20)7-5-16/h4-7,15,18H,8-14H2,1-3H3,(H,21,24). The van der Waals surface area contributed by atoms with E-state index in [0.717, 1.165) is 36.8 Å². The van der Waals surface area contributed by atoms with E-state index >= 15 is 0 Å². The number of nitrogens with zero attached hydrogens (tertiary/aromatic N) is 2. The SMILES string of the molecule is CC(C)CN1CCOC(CNC(=O)CN(C)Cc2ccc(Cl)cc2)C1. The van der Waals surface area contributed by atoms with Crippen molar-refractivity contribution >= 4 is 17.5 Å². The summed E-state index contributed by atoms with van der Waals surface area (Å²) < 4.78 is 5.77. The van der Waals surface area contributed by atoms with Crippen molar-refractivity contribution in [3.63, 3.8) is 0 Å². The third-order valence-electron chi connectivity index (χ3n) is 4.15. The van der Waals surface area contributed by atoms with Crippen molar-refractivity contribution < 1.29 is 9.53 Å². The van der Waals surface area contributed by atoms with Gasteiger partial charge in [0, 0.05) is 37.7 Å². The van der Waals surface area contributed by atoms with Gasteiger partial charge in [-0.1, -0.05) is 37.6 Å². The number of carbonyl (C=O) groups excluding carboxylic acids is 1. The fraction of sp³-hybridized carbons (Fsp3) is 0.632. The maximum absolute atomic E-state index is 12.2. The van der Waals surface area contributed by atoms with E-state index in [4.69, 9.17) is 16.3 Å². The molecule has 1 unspecified atom stereocenters. The van der Waals surface area contributed by atoms with Crippen LogP contribution in [0.2, 0.25) is 5.02 Å². The lowest BCUT2D eigenvalue weighted by atomic mass is 10.2. The molecule has 1 atom stereocenters. The van der Waals surface area contributed by atoms with Gasteiger partial charge in [0.05, 0.1) is 19.3 Å². The lowest BCUT2D eigenvalue weighted by Gasteiger charge is -2.34. The Morgan fingerprint density at radius 3 is 2.80 bits per heavy atom. The van der Waals surface area contributed by atoms with Crippen molar-refractivity contribution in [2.45, 2.75) is 26.5 Å². The zero-order valence-corrected chi connectivity index (χ0v) is 16.3. The third-order valence-corrected chi connectivity index (χ3v) is 4.40. The fourth-order valence-electron chi connectivity index (χ4n) is 3.07. The molecule has 0 saturated carbocycles. The molecule has 0 radical (unpaired) electrons. The average molecular weight is 368 g/mol. The summed E-state index contributed by atoms with van der Waals surface area (Å²) in [6, 6.07) is 7.70. The van der Waals surface area contributed by atoms with Gasteiger partial charge >= 0.3 is 0 Å². The minimum atomic E-state index is 0.0287. The molecule has 0 aliphatic carbocycles. The van der Waals surface area contributed by atoms with E-state index in [1.54, 1.807) is 0 Å². The Bertz CT molecular complexity index is 536. The number of likely N-dealkylation sites (N-methyl/N-ethyl adjacent to an activating group) is 1. The van der Waals surface area contributed by atoms with Gasteiger partial charge in [-0.15, -0.1) is 0 Å². The fourth-order valence-corrected chi connectivity index (χ4v) is 3.20. The molecule has 0 bridgehead atoms. The van der Waals surface area contributed by atoms with Crippen molar-refractivity contribution in [1.29, 1.82) is 0 Å². The molecule has 25 heavy (non-hydrogen) atoms. The number of benzene rings is 1. The first-order valence-electron chi connectivity index (χ1n) is 8.96. The maximum Gasteiger partial charge on any atom is 0.234 e. The number of ether oxygens (including phenoxy) is 1. The minimum Gasteiger partial charge on any atom is -0.374 e. The van der Waals surface area contributed by atoms with E-state index < -0.39 is 0 Å². The number of hydrogen-bond donors (Lipinski definition) is 1. The van der Waals surface area contributed by atoms with E-state index in [9.17, 15) is 4.79 Å². The Balaban J connectivity index is 1.68. The van der Waals surface area contributed by atoms with Crippen LogP contribution in [0.3, 0.4) is 0 Å². The normalized spacial score (nSPS) is 18.7. The summed E-state index contributed by atoms with van der Waals surface area (Å²) in [5.41, 5.74) is 1.14. The van der Waals surface area contributed by atoms with Gasteiger partial charge < -0.3 is 10.1 Å². The number of halogens is 1. The number of nitrogens with one attached hydrogen (secondary N) is 1. The van der Waals surface area contributed by atoms with Crippen LogP contribution < -0.4 is 5.32 Å². The van der Waals surface area contributed by atoms with Crippen LogP contribution in [-0.4, -0.2) is 68.2 Å². The van der Waals surface area contributed by atoms with Gasteiger partial charge in [0.15, 0.2) is 0 Å². The van der Waals surface area contributed by atoms with E-state index in [2.05, 4.69) is 24.1 Å². The van der Waals surface area contributed by atoms with Gasteiger partial charge in [-0.2, -0.15) is 0 Å². The lowest BCUT2D eigenvalue weighted by molar-refractivity contribution is -0.123. The molecule has 1 aliphatic rings. The molecule has 1 aromatic rings. The molecule has 0 aromatic heterocycles. The topological polar surface area (TPSA) is 44.8 Å². The Hall–Kier alpha value is -1.14. The first kappa shape index (κ1) is 20.2. The molecular weight excluding hydrogens is 338 g/mol. The minimum absolute atomic E-state index is 0.0287. The highest BCUT2D eigenvalue weighted by Gasteiger charge is 2.21. The predicted molar refractivity (Wildman–Crippen MR) is 102 cm³/mol. The summed E-state index contributed by atoms with van der Waals surface area (Å²) in [7, 11) is 1.94. The van der Waals surface area contributed by atoms with E-state index in [-0.39, 0.29) is 12.0 Å². The highest BCUT2D eigenvalue weighted by atomic mass is 35.5. The summed E-state index contributed by atoms with van der Waals surface area (Å²) >= 11 is 5.89. The van der Waals surface area contributed by atoms with Crippen LogP contribution in [0.25, 0.3) is 0 Å². The van der Waals surface area contributed by atoms with Crippen LogP contribution in [0.5, 0.6) is 0 Å². The molecule has 0 spiro atoms. The zero-order valence-electron chi connectivity index (χ0n) is 15.5. The monoisotopic (exact) mass is 367 g/mol. The van der Waals surface area contributed by atoms with Crippen molar-refractivity contribution in [3.05, 3.63) is 34.9 Å². The second-order valence-corrected chi connectivity index (χ2v) is 7.69. The Morgan fingerprint density at radius 2 is 2.12 bits per heavy atom. The Labute approximate surface area is 156 Å². The van der Waals surface area contributed by atoms with Gasteiger partial charge in [0.1, 0.15) is 0 Å². The predicted octanol–water partition coefficient (Wildman–Crippen LogP) is 2.24. The van der Waals surface area contributed by atoms with Crippen LogP contribution in [0.1, 0.15) is 19.4 Å². The van der Waals surface area contributed by atoms with E-state index in [1.165, 1.54) is 0 Å². The number of rotatable bonds is 8. The van der Waals surface area contributed by atoms with Gasteiger partial charge in [-0.3, -0.25) is 14.6 Å². The van der Waals surface area contributed by atoms with Gasteiger partial charge in [-0.05, 0) is 30.7 Å². The molecule has 1 aliphatic heterocycles. The molecule has 140 valence electrons. The van der Waals surface area contributed by atoms with Gasteiger partial charge in [0.2, 0.25) is 5.91 Å². The second kappa shape index (κ2) is 10.1. The van der Waals surface area contributed by atoms with Crippen molar-refractivity contribution in [1.82, 2.24) is 15.1 Å². The molecule has 5 nitrogen and oxygen atoms in total. The molecule has 2 rings (SSSR count). The van der Waals surface area contributed by atoms with Crippen LogP contribution in [0, 0.1) is 5.92 Å². The Morgan fingerprint density at radius 1 is 1.40 bits per heavy atom. The zero-order chi connectivity index (χ0) is 18.2. The van der Waals surface area contributed by atoms with Crippen LogP contribution in [0.15, 0.2) is 24.3 Å². The summed E-state index contributed by atoms with van der Waals surface area (Å²) in [6.45, 7) is 9.79. The summed E-state index contributed by atoms with van der Waals surface area (Å²) in [6.07, 6.45) is 0.0815. The molecule has 1 fully saturated rings. The molecule has 1 heterocycles. The van der Waals surface area contributed by atoms with Crippen LogP contribution >= 0.6 is 11.6 Å². The van der Waals surface area contributed by atoms with Crippen LogP contribution in [-0.2, 0) is 16.1 Å². The number of hydrogen-bond acceptors (Lipinski definition) is 4. The number of carbonyl (C=O) groups is 1. The molecule has 1 N–H and O–H groups in total. The molecule has 1 saturated heterocycles. The molecule has 1 aromatic carbocycles. The average Bonchev–Trinajstić information content (AvgIpc) is 2.55. The highest BCUT2D eigenvalue weighted by molar-refractivity contribution is 6.30. The van der Waals surface area contributed by atoms with Gasteiger partial charge in [0.25, 0.3) is 0 Å². The summed E-state index contributed by atoms with van der Waals surface area (Å²) in [4.78, 5) is 16.6. The largest absolute Gasteiger partial charge is 0.374 e. The summed E-state index contributed by atoms with van der Waals surface area (Å²) in [5, 5.41) is 3.72. The Kier molecular flexibility index (Phi) is 8.16. The second-order valence-electron chi connectivity index (χ2n) is 7.25.